The summed E-state index contributed by atoms with van der Waals surface area (Å²) in [4.78, 5) is 114. The van der Waals surface area contributed by atoms with E-state index in [2.05, 4.69) is 47.9 Å². The molecule has 21 nitrogen and oxygen atoms in total. The summed E-state index contributed by atoms with van der Waals surface area (Å²) in [5, 5.41) is 23.2. The first-order chi connectivity index (χ1) is 28.0. The molecular formula is C39H66N12O9. The fraction of sp³-hybridized carbons (Fsp3) is 0.615. The molecule has 21 heteroatoms. The van der Waals surface area contributed by atoms with E-state index >= 15 is 0 Å². The van der Waals surface area contributed by atoms with Crippen LogP contribution in [0.3, 0.4) is 0 Å². The van der Waals surface area contributed by atoms with Crippen LogP contribution >= 0.6 is 0 Å². The van der Waals surface area contributed by atoms with Crippen molar-refractivity contribution >= 4 is 53.2 Å². The van der Waals surface area contributed by atoms with Crippen molar-refractivity contribution in [1.82, 2.24) is 47.9 Å². The number of benzene rings is 1. The van der Waals surface area contributed by atoms with E-state index in [0.717, 1.165) is 0 Å². The zero-order chi connectivity index (χ0) is 45.9. The van der Waals surface area contributed by atoms with Crippen molar-refractivity contribution in [3.05, 3.63) is 34.9 Å². The molecule has 0 spiro atoms. The van der Waals surface area contributed by atoms with E-state index in [1.807, 2.05) is 0 Å². The molecule has 9 amide bonds. The zero-order valence-electron chi connectivity index (χ0n) is 36.1. The van der Waals surface area contributed by atoms with Crippen molar-refractivity contribution in [2.45, 2.75) is 98.6 Å². The highest BCUT2D eigenvalue weighted by atomic mass is 16.2. The van der Waals surface area contributed by atoms with Crippen LogP contribution < -0.4 is 65.1 Å². The van der Waals surface area contributed by atoms with Crippen molar-refractivity contribution < 1.29 is 43.2 Å². The molecule has 1 rings (SSSR count). The molecule has 1 aromatic rings. The van der Waals surface area contributed by atoms with Crippen LogP contribution in [0.1, 0.15) is 93.4 Å². The van der Waals surface area contributed by atoms with Crippen LogP contribution in [-0.4, -0.2) is 129 Å². The second kappa shape index (κ2) is 25.7. The van der Waals surface area contributed by atoms with Crippen molar-refractivity contribution in [1.29, 1.82) is 0 Å². The van der Waals surface area contributed by atoms with Crippen molar-refractivity contribution in [2.75, 3.05) is 39.3 Å². The lowest BCUT2D eigenvalue weighted by Crippen LogP contribution is -2.52. The van der Waals surface area contributed by atoms with Crippen LogP contribution in [-0.2, 0) is 28.8 Å². The van der Waals surface area contributed by atoms with Gasteiger partial charge in [0, 0.05) is 56.0 Å². The number of hydrogen-bond donors (Lipinski definition) is 12. The molecule has 0 heterocycles. The number of rotatable bonds is 24. The Morgan fingerprint density at radius 1 is 0.367 bits per heavy atom. The Morgan fingerprint density at radius 2 is 0.567 bits per heavy atom. The molecular weight excluding hydrogens is 781 g/mol. The third-order valence-electron chi connectivity index (χ3n) is 9.17. The SMILES string of the molecule is CC(C)[C@@H](N)C(=O)N[C@H](C)C(=O)NCCNC(=O)c1cc(C(=O)NCCNC(=O)[C@@H](C)NC(=O)[C@H](N)C(C)C)cc(C(=O)NCCNC(=O)[C@@H](C)NC(=O)[C@H](N)C(C)C)c1. The Balaban J connectivity index is 2.98. The molecule has 1 aromatic carbocycles. The maximum absolute atomic E-state index is 13.2. The van der Waals surface area contributed by atoms with E-state index < -0.39 is 89.4 Å². The van der Waals surface area contributed by atoms with E-state index in [-0.39, 0.29) is 73.7 Å². The standard InChI is InChI=1S/C39H66N12O9/c1-19(2)28(40)37(58)49-22(7)31(52)43-10-13-46-34(55)25-16-26(35(56)47-14-11-44-32(53)23(8)50-38(59)29(41)20(3)4)18-27(17-25)36(57)48-15-12-45-33(54)24(9)51-39(60)30(42)21(5)6/h16-24,28-30H,10-15,40-42H2,1-9H3,(H,43,52)(H,44,53)(H,45,54)(H,46,55)(H,47,56)(H,48,57)(H,49,58)(H,50,59)(H,51,60)/t22-,23-,24-,28-,29-,30-/m1/s1. The van der Waals surface area contributed by atoms with Gasteiger partial charge in [-0.2, -0.15) is 0 Å². The molecule has 6 atom stereocenters. The van der Waals surface area contributed by atoms with Gasteiger partial charge in [-0.3, -0.25) is 43.2 Å². The first-order valence-corrected chi connectivity index (χ1v) is 20.0. The van der Waals surface area contributed by atoms with Crippen molar-refractivity contribution in [3.63, 3.8) is 0 Å². The summed E-state index contributed by atoms with van der Waals surface area (Å²) in [7, 11) is 0. The Labute approximate surface area is 351 Å². The van der Waals surface area contributed by atoms with Gasteiger partial charge in [-0.1, -0.05) is 41.5 Å². The van der Waals surface area contributed by atoms with Crippen molar-refractivity contribution in [2.24, 2.45) is 35.0 Å². The first kappa shape index (κ1) is 52.3. The Morgan fingerprint density at radius 3 is 0.767 bits per heavy atom. The number of carbonyl (C=O) groups excluding carboxylic acids is 9. The average Bonchev–Trinajstić information content (AvgIpc) is 3.20. The van der Waals surface area contributed by atoms with Gasteiger partial charge in [0.25, 0.3) is 17.7 Å². The van der Waals surface area contributed by atoms with E-state index in [4.69, 9.17) is 17.2 Å². The summed E-state index contributed by atoms with van der Waals surface area (Å²) < 4.78 is 0. The van der Waals surface area contributed by atoms with E-state index in [0.29, 0.717) is 0 Å². The largest absolute Gasteiger partial charge is 0.353 e. The average molecular weight is 847 g/mol. The van der Waals surface area contributed by atoms with Crippen LogP contribution in [0.4, 0.5) is 0 Å². The molecule has 0 aliphatic carbocycles. The smallest absolute Gasteiger partial charge is 0.251 e. The number of hydrogen-bond acceptors (Lipinski definition) is 12. The molecule has 0 bridgehead atoms. The molecule has 336 valence electrons. The molecule has 0 aliphatic heterocycles. The highest BCUT2D eigenvalue weighted by Gasteiger charge is 2.25. The van der Waals surface area contributed by atoms with Gasteiger partial charge >= 0.3 is 0 Å². The van der Waals surface area contributed by atoms with Gasteiger partial charge in [0.1, 0.15) is 18.1 Å². The van der Waals surface area contributed by atoms with Gasteiger partial charge in [0.05, 0.1) is 18.1 Å². The highest BCUT2D eigenvalue weighted by molar-refractivity contribution is 6.04. The molecule has 0 radical (unpaired) electrons. The Kier molecular flexibility index (Phi) is 22.5. The minimum Gasteiger partial charge on any atom is -0.353 e. The Hall–Kier alpha value is -5.67. The van der Waals surface area contributed by atoms with Gasteiger partial charge in [-0.25, -0.2) is 0 Å². The normalized spacial score (nSPS) is 14.1. The number of nitrogens with one attached hydrogen (secondary N) is 9. The fourth-order valence-electron chi connectivity index (χ4n) is 4.91. The fourth-order valence-corrected chi connectivity index (χ4v) is 4.91. The Bertz CT molecular complexity index is 1480. The predicted molar refractivity (Wildman–Crippen MR) is 224 cm³/mol. The molecule has 0 aromatic heterocycles. The minimum atomic E-state index is -0.897. The van der Waals surface area contributed by atoms with Crippen LogP contribution in [0, 0.1) is 17.8 Å². The van der Waals surface area contributed by atoms with Crippen LogP contribution in [0.15, 0.2) is 18.2 Å². The summed E-state index contributed by atoms with van der Waals surface area (Å²) in [5.41, 5.74) is 17.3. The van der Waals surface area contributed by atoms with E-state index in [1.54, 1.807) is 41.5 Å². The number of nitrogens with two attached hydrogens (primary N) is 3. The van der Waals surface area contributed by atoms with Gasteiger partial charge in [0.2, 0.25) is 35.4 Å². The van der Waals surface area contributed by atoms with Crippen LogP contribution in [0.5, 0.6) is 0 Å². The van der Waals surface area contributed by atoms with Gasteiger partial charge in [0.15, 0.2) is 0 Å². The summed E-state index contributed by atoms with van der Waals surface area (Å²) in [6.07, 6.45) is 0. The third-order valence-corrected chi connectivity index (χ3v) is 9.17. The number of carbonyl (C=O) groups is 9. The molecule has 0 saturated heterocycles. The van der Waals surface area contributed by atoms with Gasteiger partial charge in [-0.15, -0.1) is 0 Å². The maximum atomic E-state index is 13.2. The first-order valence-electron chi connectivity index (χ1n) is 20.0. The molecule has 0 aliphatic rings. The summed E-state index contributed by atoms with van der Waals surface area (Å²) in [6.45, 7) is 14.9. The van der Waals surface area contributed by atoms with Crippen molar-refractivity contribution in [3.8, 4) is 0 Å². The summed E-state index contributed by atoms with van der Waals surface area (Å²) in [5.74, 6) is -5.43. The van der Waals surface area contributed by atoms with Gasteiger partial charge in [-0.05, 0) is 56.7 Å². The topological polar surface area (TPSA) is 340 Å². The lowest BCUT2D eigenvalue weighted by molar-refractivity contribution is -0.129. The lowest BCUT2D eigenvalue weighted by atomic mass is 10.0. The molecule has 0 unspecified atom stereocenters. The minimum absolute atomic E-state index is 0.0222. The third kappa shape index (κ3) is 18.1. The highest BCUT2D eigenvalue weighted by Crippen LogP contribution is 2.12. The van der Waals surface area contributed by atoms with E-state index in [1.165, 1.54) is 39.0 Å². The second-order valence-corrected chi connectivity index (χ2v) is 15.4. The van der Waals surface area contributed by atoms with Gasteiger partial charge < -0.3 is 65.1 Å². The zero-order valence-corrected chi connectivity index (χ0v) is 36.1. The second-order valence-electron chi connectivity index (χ2n) is 15.4. The quantitative estimate of drug-likeness (QED) is 0.0455. The molecule has 0 saturated carbocycles. The summed E-state index contributed by atoms with van der Waals surface area (Å²) >= 11 is 0. The van der Waals surface area contributed by atoms with Crippen LogP contribution in [0.25, 0.3) is 0 Å². The molecule has 0 fully saturated rings. The molecule has 60 heavy (non-hydrogen) atoms. The summed E-state index contributed by atoms with van der Waals surface area (Å²) in [6, 6.07) is -1.30. The lowest BCUT2D eigenvalue weighted by Gasteiger charge is -2.19. The number of amides is 9. The predicted octanol–water partition coefficient (Wildman–Crippen LogP) is -3.31. The monoisotopic (exact) mass is 847 g/mol. The molecule has 15 N–H and O–H groups in total. The van der Waals surface area contributed by atoms with E-state index in [9.17, 15) is 43.2 Å². The maximum Gasteiger partial charge on any atom is 0.251 e. The van der Waals surface area contributed by atoms with Crippen LogP contribution in [0.2, 0.25) is 0 Å².